The van der Waals surface area contributed by atoms with Crippen molar-refractivity contribution in [2.45, 2.75) is 37.5 Å². The van der Waals surface area contributed by atoms with Gasteiger partial charge in [0.05, 0.1) is 11.3 Å². The van der Waals surface area contributed by atoms with E-state index in [4.69, 9.17) is 16.9 Å². The first-order chi connectivity index (χ1) is 8.72. The summed E-state index contributed by atoms with van der Waals surface area (Å²) in [4.78, 5) is 0. The van der Waals surface area contributed by atoms with E-state index in [9.17, 15) is 0 Å². The minimum absolute atomic E-state index is 0.472. The lowest BCUT2D eigenvalue weighted by Crippen LogP contribution is -2.16. The summed E-state index contributed by atoms with van der Waals surface area (Å²) in [5.41, 5.74) is 1.54. The molecule has 0 radical (unpaired) electrons. The maximum atomic E-state index is 9.08. The summed E-state index contributed by atoms with van der Waals surface area (Å²) < 4.78 is 0. The number of halogens is 1. The van der Waals surface area contributed by atoms with Crippen LogP contribution in [-0.4, -0.2) is 17.0 Å². The zero-order chi connectivity index (χ0) is 13.0. The van der Waals surface area contributed by atoms with Gasteiger partial charge in [0.25, 0.3) is 0 Å². The Morgan fingerprint density at radius 2 is 2.33 bits per heavy atom. The average Bonchev–Trinajstić information content (AvgIpc) is 2.77. The maximum Gasteiger partial charge on any atom is 0.101 e. The molecular formula is C14H17ClN2S. The molecule has 96 valence electrons. The molecule has 2 atom stereocenters. The molecule has 0 aliphatic heterocycles. The van der Waals surface area contributed by atoms with Crippen LogP contribution in [0.15, 0.2) is 18.2 Å². The van der Waals surface area contributed by atoms with Crippen LogP contribution in [0, 0.1) is 11.3 Å². The quantitative estimate of drug-likeness (QED) is 0.893. The van der Waals surface area contributed by atoms with Gasteiger partial charge in [0.15, 0.2) is 0 Å². The van der Waals surface area contributed by atoms with Gasteiger partial charge in [-0.05, 0) is 43.2 Å². The van der Waals surface area contributed by atoms with Crippen LogP contribution in [0.25, 0.3) is 0 Å². The number of nitriles is 1. The molecule has 1 aromatic carbocycles. The van der Waals surface area contributed by atoms with Crippen LogP contribution in [0.2, 0.25) is 5.02 Å². The van der Waals surface area contributed by atoms with E-state index in [-0.39, 0.29) is 0 Å². The van der Waals surface area contributed by atoms with Crippen LogP contribution in [0.1, 0.15) is 31.7 Å². The summed E-state index contributed by atoms with van der Waals surface area (Å²) in [6.07, 6.45) is 3.61. The molecule has 0 aromatic heterocycles. The van der Waals surface area contributed by atoms with Gasteiger partial charge in [-0.3, -0.25) is 0 Å². The van der Waals surface area contributed by atoms with Crippen molar-refractivity contribution >= 4 is 29.1 Å². The fourth-order valence-corrected chi connectivity index (χ4v) is 3.73. The topological polar surface area (TPSA) is 35.8 Å². The Labute approximate surface area is 118 Å². The highest BCUT2D eigenvalue weighted by Gasteiger charge is 2.24. The Kier molecular flexibility index (Phi) is 4.79. The lowest BCUT2D eigenvalue weighted by atomic mass is 10.1. The summed E-state index contributed by atoms with van der Waals surface area (Å²) in [6.45, 7) is 2.20. The molecule has 2 nitrogen and oxygen atoms in total. The Bertz CT molecular complexity index is 456. The number of anilines is 1. The Morgan fingerprint density at radius 1 is 1.50 bits per heavy atom. The first-order valence-corrected chi connectivity index (χ1v) is 7.73. The van der Waals surface area contributed by atoms with E-state index in [2.05, 4.69) is 18.3 Å². The van der Waals surface area contributed by atoms with Gasteiger partial charge in [0.1, 0.15) is 6.07 Å². The number of hydrogen-bond donors (Lipinski definition) is 1. The second-order valence-electron chi connectivity index (χ2n) is 4.53. The lowest BCUT2D eigenvalue weighted by Gasteiger charge is -2.15. The van der Waals surface area contributed by atoms with E-state index in [0.717, 1.165) is 10.9 Å². The molecule has 1 fully saturated rings. The zero-order valence-corrected chi connectivity index (χ0v) is 12.0. The number of nitrogens with zero attached hydrogens (tertiary/aromatic N) is 1. The van der Waals surface area contributed by atoms with Gasteiger partial charge in [-0.25, -0.2) is 0 Å². The lowest BCUT2D eigenvalue weighted by molar-refractivity contribution is 0.756. The second-order valence-corrected chi connectivity index (χ2v) is 6.55. The zero-order valence-electron chi connectivity index (χ0n) is 10.4. The molecule has 1 aromatic rings. The maximum absolute atomic E-state index is 9.08. The van der Waals surface area contributed by atoms with Crippen molar-refractivity contribution in [3.05, 3.63) is 28.8 Å². The van der Waals surface area contributed by atoms with Gasteiger partial charge < -0.3 is 5.32 Å². The van der Waals surface area contributed by atoms with Crippen molar-refractivity contribution in [2.24, 2.45) is 0 Å². The predicted octanol–water partition coefficient (Wildman–Crippen LogP) is 4.30. The Balaban J connectivity index is 2.02. The van der Waals surface area contributed by atoms with E-state index >= 15 is 0 Å². The van der Waals surface area contributed by atoms with E-state index in [0.29, 0.717) is 16.6 Å². The van der Waals surface area contributed by atoms with Crippen LogP contribution in [0.3, 0.4) is 0 Å². The number of benzene rings is 1. The molecule has 2 rings (SSSR count). The SMILES string of the molecule is CCSC1CCC(Nc2cc(Cl)ccc2C#N)C1. The van der Waals surface area contributed by atoms with Gasteiger partial charge in [0, 0.05) is 16.3 Å². The second kappa shape index (κ2) is 6.36. The summed E-state index contributed by atoms with van der Waals surface area (Å²) >= 11 is 8.02. The van der Waals surface area contributed by atoms with Crippen molar-refractivity contribution in [3.8, 4) is 6.07 Å². The van der Waals surface area contributed by atoms with E-state index < -0.39 is 0 Å². The fourth-order valence-electron chi connectivity index (χ4n) is 2.41. The number of thioether (sulfide) groups is 1. The van der Waals surface area contributed by atoms with Gasteiger partial charge in [0.2, 0.25) is 0 Å². The summed E-state index contributed by atoms with van der Waals surface area (Å²) in [7, 11) is 0. The molecule has 1 N–H and O–H groups in total. The van der Waals surface area contributed by atoms with Crippen molar-refractivity contribution in [2.75, 3.05) is 11.1 Å². The molecule has 1 saturated carbocycles. The highest BCUT2D eigenvalue weighted by molar-refractivity contribution is 7.99. The molecule has 1 aliphatic carbocycles. The van der Waals surface area contributed by atoms with Crippen molar-refractivity contribution in [3.63, 3.8) is 0 Å². The molecule has 0 amide bonds. The van der Waals surface area contributed by atoms with Crippen molar-refractivity contribution in [1.82, 2.24) is 0 Å². The molecule has 4 heteroatoms. The highest BCUT2D eigenvalue weighted by Crippen LogP contribution is 2.32. The Hall–Kier alpha value is -0.850. The largest absolute Gasteiger partial charge is 0.381 e. The van der Waals surface area contributed by atoms with E-state index in [1.165, 1.54) is 25.0 Å². The third-order valence-electron chi connectivity index (χ3n) is 3.25. The van der Waals surface area contributed by atoms with Crippen LogP contribution in [0.4, 0.5) is 5.69 Å². The monoisotopic (exact) mass is 280 g/mol. The molecule has 0 saturated heterocycles. The summed E-state index contributed by atoms with van der Waals surface area (Å²) in [6, 6.07) is 8.06. The molecule has 1 aliphatic rings. The number of hydrogen-bond acceptors (Lipinski definition) is 3. The standard InChI is InChI=1S/C14H17ClN2S/c1-2-18-13-6-5-12(8-13)17-14-7-11(15)4-3-10(14)9-16/h3-4,7,12-13,17H,2,5-6,8H2,1H3. The van der Waals surface area contributed by atoms with E-state index in [1.807, 2.05) is 17.8 Å². The van der Waals surface area contributed by atoms with Crippen LogP contribution in [-0.2, 0) is 0 Å². The van der Waals surface area contributed by atoms with Crippen molar-refractivity contribution < 1.29 is 0 Å². The van der Waals surface area contributed by atoms with Gasteiger partial charge >= 0.3 is 0 Å². The summed E-state index contributed by atoms with van der Waals surface area (Å²) in [5, 5.41) is 14.0. The summed E-state index contributed by atoms with van der Waals surface area (Å²) in [5.74, 6) is 1.18. The highest BCUT2D eigenvalue weighted by atomic mass is 35.5. The molecule has 18 heavy (non-hydrogen) atoms. The smallest absolute Gasteiger partial charge is 0.101 e. The van der Waals surface area contributed by atoms with Gasteiger partial charge in [-0.2, -0.15) is 17.0 Å². The average molecular weight is 281 g/mol. The fraction of sp³-hybridized carbons (Fsp3) is 0.500. The Morgan fingerprint density at radius 3 is 3.06 bits per heavy atom. The predicted molar refractivity (Wildman–Crippen MR) is 79.3 cm³/mol. The van der Waals surface area contributed by atoms with Crippen LogP contribution in [0.5, 0.6) is 0 Å². The number of nitrogens with one attached hydrogen (secondary N) is 1. The normalized spacial score (nSPS) is 22.7. The van der Waals surface area contributed by atoms with E-state index in [1.54, 1.807) is 12.1 Å². The van der Waals surface area contributed by atoms with Crippen LogP contribution >= 0.6 is 23.4 Å². The molecular weight excluding hydrogens is 264 g/mol. The first-order valence-electron chi connectivity index (χ1n) is 6.30. The third kappa shape index (κ3) is 3.34. The molecule has 0 spiro atoms. The minimum Gasteiger partial charge on any atom is -0.381 e. The van der Waals surface area contributed by atoms with Gasteiger partial charge in [-0.15, -0.1) is 0 Å². The molecule has 0 heterocycles. The van der Waals surface area contributed by atoms with Crippen molar-refractivity contribution in [1.29, 1.82) is 5.26 Å². The number of rotatable bonds is 4. The third-order valence-corrected chi connectivity index (χ3v) is 4.72. The first kappa shape index (κ1) is 13.6. The van der Waals surface area contributed by atoms with Gasteiger partial charge in [-0.1, -0.05) is 18.5 Å². The van der Waals surface area contributed by atoms with Crippen LogP contribution < -0.4 is 5.32 Å². The molecule has 0 bridgehead atoms. The molecule has 2 unspecified atom stereocenters. The minimum atomic E-state index is 0.472.